The molecule has 0 spiro atoms. The van der Waals surface area contributed by atoms with Crippen molar-refractivity contribution in [3.63, 3.8) is 0 Å². The van der Waals surface area contributed by atoms with E-state index in [0.717, 1.165) is 0 Å². The Morgan fingerprint density at radius 1 is 1.60 bits per heavy atom. The number of aromatic nitrogens is 1. The minimum absolute atomic E-state index is 0.339. The molecule has 0 aromatic carbocycles. The Kier molecular flexibility index (Phi) is 4.10. The molecule has 1 aromatic rings. The Balaban J connectivity index is 2.46. The predicted octanol–water partition coefficient (Wildman–Crippen LogP) is 3.16. The zero-order valence-electron chi connectivity index (χ0n) is 8.83. The SMILES string of the molecule is CC(C)(C#N)CCOc1cccnc1Br. The van der Waals surface area contributed by atoms with E-state index in [0.29, 0.717) is 23.4 Å². The molecule has 0 saturated heterocycles. The van der Waals surface area contributed by atoms with E-state index in [1.165, 1.54) is 0 Å². The molecular weight excluding hydrogens is 256 g/mol. The maximum atomic E-state index is 8.82. The number of hydrogen-bond acceptors (Lipinski definition) is 3. The Morgan fingerprint density at radius 3 is 2.93 bits per heavy atom. The van der Waals surface area contributed by atoms with Crippen molar-refractivity contribution in [2.75, 3.05) is 6.61 Å². The number of nitrogens with zero attached hydrogens (tertiary/aromatic N) is 2. The van der Waals surface area contributed by atoms with Crippen LogP contribution in [0.4, 0.5) is 0 Å². The molecule has 0 aliphatic heterocycles. The largest absolute Gasteiger partial charge is 0.491 e. The normalized spacial score (nSPS) is 10.8. The lowest BCUT2D eigenvalue weighted by molar-refractivity contribution is 0.262. The van der Waals surface area contributed by atoms with Crippen molar-refractivity contribution < 1.29 is 4.74 Å². The van der Waals surface area contributed by atoms with Gasteiger partial charge in [-0.25, -0.2) is 4.98 Å². The summed E-state index contributed by atoms with van der Waals surface area (Å²) in [6, 6.07) is 5.89. The Labute approximate surface area is 98.2 Å². The third-order valence-corrected chi connectivity index (χ3v) is 2.61. The Morgan fingerprint density at radius 2 is 2.33 bits per heavy atom. The van der Waals surface area contributed by atoms with E-state index >= 15 is 0 Å². The minimum Gasteiger partial charge on any atom is -0.491 e. The molecule has 0 bridgehead atoms. The van der Waals surface area contributed by atoms with E-state index in [2.05, 4.69) is 27.0 Å². The van der Waals surface area contributed by atoms with E-state index < -0.39 is 0 Å². The standard InChI is InChI=1S/C11H13BrN2O/c1-11(2,8-13)5-7-15-9-4-3-6-14-10(9)12/h3-4,6H,5,7H2,1-2H3. The molecule has 0 atom stereocenters. The van der Waals surface area contributed by atoms with Gasteiger partial charge in [-0.15, -0.1) is 0 Å². The van der Waals surface area contributed by atoms with Gasteiger partial charge in [0.2, 0.25) is 0 Å². The molecule has 80 valence electrons. The van der Waals surface area contributed by atoms with Crippen LogP contribution in [0, 0.1) is 16.7 Å². The van der Waals surface area contributed by atoms with Crippen LogP contribution in [0.15, 0.2) is 22.9 Å². The van der Waals surface area contributed by atoms with Gasteiger partial charge in [-0.05, 0) is 48.3 Å². The molecule has 0 N–H and O–H groups in total. The summed E-state index contributed by atoms with van der Waals surface area (Å²) >= 11 is 3.29. The maximum absolute atomic E-state index is 8.82. The third-order valence-electron chi connectivity index (χ3n) is 2.01. The molecule has 0 radical (unpaired) electrons. The molecule has 0 aliphatic rings. The summed E-state index contributed by atoms with van der Waals surface area (Å²) in [6.07, 6.45) is 2.39. The Bertz CT molecular complexity index is 371. The summed E-state index contributed by atoms with van der Waals surface area (Å²) in [5.41, 5.74) is -0.339. The third kappa shape index (κ3) is 3.88. The maximum Gasteiger partial charge on any atom is 0.152 e. The van der Waals surface area contributed by atoms with Crippen molar-refractivity contribution >= 4 is 15.9 Å². The van der Waals surface area contributed by atoms with Gasteiger partial charge < -0.3 is 4.74 Å². The van der Waals surface area contributed by atoms with Crippen molar-refractivity contribution in [3.8, 4) is 11.8 Å². The molecule has 0 aliphatic carbocycles. The summed E-state index contributed by atoms with van der Waals surface area (Å²) in [6.45, 7) is 4.31. The van der Waals surface area contributed by atoms with Crippen LogP contribution in [0.5, 0.6) is 5.75 Å². The second kappa shape index (κ2) is 5.13. The van der Waals surface area contributed by atoms with Gasteiger partial charge >= 0.3 is 0 Å². The summed E-state index contributed by atoms with van der Waals surface area (Å²) in [7, 11) is 0. The zero-order chi connectivity index (χ0) is 11.3. The molecule has 1 rings (SSSR count). The van der Waals surface area contributed by atoms with Crippen LogP contribution in [0.1, 0.15) is 20.3 Å². The Hall–Kier alpha value is -1.08. The fraction of sp³-hybridized carbons (Fsp3) is 0.455. The monoisotopic (exact) mass is 268 g/mol. The van der Waals surface area contributed by atoms with E-state index in [9.17, 15) is 0 Å². The first-order valence-corrected chi connectivity index (χ1v) is 5.49. The van der Waals surface area contributed by atoms with Gasteiger partial charge in [-0.1, -0.05) is 0 Å². The van der Waals surface area contributed by atoms with Crippen molar-refractivity contribution in [3.05, 3.63) is 22.9 Å². The number of halogens is 1. The van der Waals surface area contributed by atoms with E-state index in [1.54, 1.807) is 6.20 Å². The number of nitriles is 1. The van der Waals surface area contributed by atoms with Gasteiger partial charge in [0.25, 0.3) is 0 Å². The molecular formula is C11H13BrN2O. The number of rotatable bonds is 4. The second-order valence-electron chi connectivity index (χ2n) is 3.89. The smallest absolute Gasteiger partial charge is 0.152 e. The predicted molar refractivity (Wildman–Crippen MR) is 61.4 cm³/mol. The summed E-state index contributed by atoms with van der Waals surface area (Å²) in [4.78, 5) is 4.04. The van der Waals surface area contributed by atoms with Crippen molar-refractivity contribution in [2.45, 2.75) is 20.3 Å². The van der Waals surface area contributed by atoms with Gasteiger partial charge in [-0.3, -0.25) is 0 Å². The molecule has 0 amide bonds. The van der Waals surface area contributed by atoms with Crippen LogP contribution in [-0.4, -0.2) is 11.6 Å². The van der Waals surface area contributed by atoms with Gasteiger partial charge in [0, 0.05) is 6.20 Å². The van der Waals surface area contributed by atoms with Crippen LogP contribution in [-0.2, 0) is 0 Å². The quantitative estimate of drug-likeness (QED) is 0.789. The van der Waals surface area contributed by atoms with Crippen molar-refractivity contribution in [1.82, 2.24) is 4.98 Å². The van der Waals surface area contributed by atoms with Crippen molar-refractivity contribution in [1.29, 1.82) is 5.26 Å². The number of pyridine rings is 1. The summed E-state index contributed by atoms with van der Waals surface area (Å²) < 4.78 is 6.21. The van der Waals surface area contributed by atoms with Gasteiger partial charge in [-0.2, -0.15) is 5.26 Å². The zero-order valence-corrected chi connectivity index (χ0v) is 10.4. The molecule has 1 aromatic heterocycles. The van der Waals surface area contributed by atoms with Gasteiger partial charge in [0.1, 0.15) is 4.60 Å². The second-order valence-corrected chi connectivity index (χ2v) is 4.64. The molecule has 3 nitrogen and oxygen atoms in total. The number of ether oxygens (including phenoxy) is 1. The molecule has 0 unspecified atom stereocenters. The molecule has 4 heteroatoms. The highest BCUT2D eigenvalue weighted by molar-refractivity contribution is 9.10. The summed E-state index contributed by atoms with van der Waals surface area (Å²) in [5.74, 6) is 0.714. The lowest BCUT2D eigenvalue weighted by Gasteiger charge is -2.15. The topological polar surface area (TPSA) is 45.9 Å². The molecule has 0 saturated carbocycles. The van der Waals surface area contributed by atoms with Crippen LogP contribution in [0.2, 0.25) is 0 Å². The highest BCUT2D eigenvalue weighted by Crippen LogP contribution is 2.23. The van der Waals surface area contributed by atoms with E-state index in [-0.39, 0.29) is 5.41 Å². The van der Waals surface area contributed by atoms with Crippen LogP contribution in [0.25, 0.3) is 0 Å². The van der Waals surface area contributed by atoms with Gasteiger partial charge in [0.15, 0.2) is 5.75 Å². The summed E-state index contributed by atoms with van der Waals surface area (Å²) in [5, 5.41) is 8.82. The first-order valence-electron chi connectivity index (χ1n) is 4.70. The lowest BCUT2D eigenvalue weighted by Crippen LogP contribution is -2.13. The highest BCUT2D eigenvalue weighted by atomic mass is 79.9. The first-order chi connectivity index (χ1) is 7.05. The van der Waals surface area contributed by atoms with E-state index in [1.807, 2.05) is 26.0 Å². The molecule has 0 fully saturated rings. The lowest BCUT2D eigenvalue weighted by atomic mass is 9.92. The fourth-order valence-corrected chi connectivity index (χ4v) is 1.32. The minimum atomic E-state index is -0.339. The molecule has 1 heterocycles. The van der Waals surface area contributed by atoms with Crippen LogP contribution >= 0.6 is 15.9 Å². The average molecular weight is 269 g/mol. The van der Waals surface area contributed by atoms with Crippen LogP contribution in [0.3, 0.4) is 0 Å². The van der Waals surface area contributed by atoms with Gasteiger partial charge in [0.05, 0.1) is 18.1 Å². The highest BCUT2D eigenvalue weighted by Gasteiger charge is 2.16. The first kappa shape index (κ1) is 12.0. The fourth-order valence-electron chi connectivity index (χ4n) is 0.951. The average Bonchev–Trinajstić information content (AvgIpc) is 2.21. The van der Waals surface area contributed by atoms with Crippen LogP contribution < -0.4 is 4.74 Å². The van der Waals surface area contributed by atoms with Crippen molar-refractivity contribution in [2.24, 2.45) is 5.41 Å². The number of hydrogen-bond donors (Lipinski definition) is 0. The van der Waals surface area contributed by atoms with E-state index in [4.69, 9.17) is 10.00 Å². The molecule has 15 heavy (non-hydrogen) atoms.